The standard InChI is InChI=1S/C20H17F2N3O5/c1-12-3-2-4-15-18(12)23-11-25(19(15)28)9-17(27)29-10-16(26)24-13-5-7-14(8-6-13)30-20(21)22/h2-8,11,20H,9-10H2,1H3,(H,24,26). The van der Waals surface area contributed by atoms with Gasteiger partial charge in [-0.05, 0) is 42.8 Å². The zero-order chi connectivity index (χ0) is 21.7. The Morgan fingerprint density at radius 2 is 1.90 bits per heavy atom. The van der Waals surface area contributed by atoms with E-state index in [4.69, 9.17) is 4.74 Å². The second kappa shape index (κ2) is 9.12. The second-order valence-corrected chi connectivity index (χ2v) is 6.26. The van der Waals surface area contributed by atoms with Crippen LogP contribution in [-0.2, 0) is 20.9 Å². The lowest BCUT2D eigenvalue weighted by Crippen LogP contribution is -2.28. The summed E-state index contributed by atoms with van der Waals surface area (Å²) in [5.41, 5.74) is 1.31. The van der Waals surface area contributed by atoms with Crippen molar-refractivity contribution in [1.29, 1.82) is 0 Å². The molecule has 8 nitrogen and oxygen atoms in total. The summed E-state index contributed by atoms with van der Waals surface area (Å²) in [5, 5.41) is 2.82. The van der Waals surface area contributed by atoms with Crippen LogP contribution in [0.2, 0.25) is 0 Å². The van der Waals surface area contributed by atoms with Gasteiger partial charge in [0.2, 0.25) is 0 Å². The van der Waals surface area contributed by atoms with E-state index in [0.717, 1.165) is 10.1 Å². The molecule has 0 saturated heterocycles. The van der Waals surface area contributed by atoms with Gasteiger partial charge in [-0.1, -0.05) is 12.1 Å². The van der Waals surface area contributed by atoms with Crippen molar-refractivity contribution in [2.24, 2.45) is 0 Å². The number of aryl methyl sites for hydroxylation is 1. The minimum Gasteiger partial charge on any atom is -0.454 e. The maximum Gasteiger partial charge on any atom is 0.387 e. The maximum absolute atomic E-state index is 12.5. The number of benzene rings is 2. The van der Waals surface area contributed by atoms with Gasteiger partial charge in [0.05, 0.1) is 17.2 Å². The van der Waals surface area contributed by atoms with Gasteiger partial charge in [0, 0.05) is 5.69 Å². The number of rotatable bonds is 7. The molecule has 0 aliphatic heterocycles. The molecule has 0 fully saturated rings. The molecule has 3 aromatic rings. The quantitative estimate of drug-likeness (QED) is 0.593. The van der Waals surface area contributed by atoms with Gasteiger partial charge < -0.3 is 14.8 Å². The molecule has 1 aromatic heterocycles. The first-order chi connectivity index (χ1) is 14.3. The largest absolute Gasteiger partial charge is 0.454 e. The van der Waals surface area contributed by atoms with E-state index in [-0.39, 0.29) is 5.75 Å². The van der Waals surface area contributed by atoms with Gasteiger partial charge in [0.1, 0.15) is 12.3 Å². The van der Waals surface area contributed by atoms with Crippen LogP contribution in [0.5, 0.6) is 5.75 Å². The first-order valence-corrected chi connectivity index (χ1v) is 8.78. The van der Waals surface area contributed by atoms with Crippen LogP contribution in [0.4, 0.5) is 14.5 Å². The van der Waals surface area contributed by atoms with Crippen LogP contribution in [0.3, 0.4) is 0 Å². The zero-order valence-corrected chi connectivity index (χ0v) is 15.8. The molecule has 2 aromatic carbocycles. The monoisotopic (exact) mass is 417 g/mol. The Bertz CT molecular complexity index is 1130. The Morgan fingerprint density at radius 1 is 1.17 bits per heavy atom. The van der Waals surface area contributed by atoms with E-state index in [9.17, 15) is 23.2 Å². The molecule has 0 radical (unpaired) electrons. The Labute approximate surface area is 169 Å². The highest BCUT2D eigenvalue weighted by atomic mass is 19.3. The van der Waals surface area contributed by atoms with Crippen molar-refractivity contribution in [2.75, 3.05) is 11.9 Å². The summed E-state index contributed by atoms with van der Waals surface area (Å²) < 4.78 is 34.4. The molecule has 0 bridgehead atoms. The summed E-state index contributed by atoms with van der Waals surface area (Å²) in [6.07, 6.45) is 1.25. The third-order valence-electron chi connectivity index (χ3n) is 4.08. The fraction of sp³-hybridized carbons (Fsp3) is 0.200. The predicted octanol–water partition coefficient (Wildman–Crippen LogP) is 2.49. The number of fused-ring (bicyclic) bond motifs is 1. The molecule has 1 heterocycles. The van der Waals surface area contributed by atoms with Gasteiger partial charge in [0.25, 0.3) is 11.5 Å². The number of halogens is 2. The number of para-hydroxylation sites is 1. The number of carbonyl (C=O) groups excluding carboxylic acids is 2. The number of esters is 1. The number of hydrogen-bond donors (Lipinski definition) is 1. The van der Waals surface area contributed by atoms with E-state index in [2.05, 4.69) is 15.0 Å². The van der Waals surface area contributed by atoms with Gasteiger partial charge in [-0.25, -0.2) is 4.98 Å². The smallest absolute Gasteiger partial charge is 0.387 e. The van der Waals surface area contributed by atoms with E-state index >= 15 is 0 Å². The average molecular weight is 417 g/mol. The van der Waals surface area contributed by atoms with E-state index in [1.807, 2.05) is 13.0 Å². The van der Waals surface area contributed by atoms with Gasteiger partial charge >= 0.3 is 12.6 Å². The number of carbonyl (C=O) groups is 2. The first-order valence-electron chi connectivity index (χ1n) is 8.78. The Balaban J connectivity index is 1.54. The lowest BCUT2D eigenvalue weighted by molar-refractivity contribution is -0.147. The molecular weight excluding hydrogens is 400 g/mol. The zero-order valence-electron chi connectivity index (χ0n) is 15.8. The van der Waals surface area contributed by atoms with E-state index < -0.39 is 37.2 Å². The van der Waals surface area contributed by atoms with Crippen LogP contribution in [0.25, 0.3) is 10.9 Å². The van der Waals surface area contributed by atoms with Gasteiger partial charge in [-0.15, -0.1) is 0 Å². The summed E-state index contributed by atoms with van der Waals surface area (Å²) in [6, 6.07) is 10.4. The number of alkyl halides is 2. The topological polar surface area (TPSA) is 99.5 Å². The summed E-state index contributed by atoms with van der Waals surface area (Å²) >= 11 is 0. The van der Waals surface area contributed by atoms with Crippen LogP contribution in [0.15, 0.2) is 53.6 Å². The van der Waals surface area contributed by atoms with Crippen molar-refractivity contribution in [1.82, 2.24) is 9.55 Å². The SMILES string of the molecule is Cc1cccc2c(=O)n(CC(=O)OCC(=O)Nc3ccc(OC(F)F)cc3)cnc12. The van der Waals surface area contributed by atoms with Crippen LogP contribution >= 0.6 is 0 Å². The normalized spacial score (nSPS) is 10.8. The van der Waals surface area contributed by atoms with Crippen LogP contribution < -0.4 is 15.6 Å². The molecular formula is C20H17F2N3O5. The van der Waals surface area contributed by atoms with Gasteiger partial charge in [-0.3, -0.25) is 19.0 Å². The third-order valence-corrected chi connectivity index (χ3v) is 4.08. The molecule has 1 N–H and O–H groups in total. The molecule has 0 atom stereocenters. The molecule has 0 saturated carbocycles. The predicted molar refractivity (Wildman–Crippen MR) is 103 cm³/mol. The number of nitrogens with zero attached hydrogens (tertiary/aromatic N) is 2. The fourth-order valence-corrected chi connectivity index (χ4v) is 2.70. The molecule has 30 heavy (non-hydrogen) atoms. The van der Waals surface area contributed by atoms with E-state index in [1.54, 1.807) is 12.1 Å². The Morgan fingerprint density at radius 3 is 2.60 bits per heavy atom. The van der Waals surface area contributed by atoms with Crippen LogP contribution in [0.1, 0.15) is 5.56 Å². The molecule has 1 amide bonds. The molecule has 3 rings (SSSR count). The van der Waals surface area contributed by atoms with Crippen molar-refractivity contribution in [2.45, 2.75) is 20.1 Å². The minimum absolute atomic E-state index is 0.0564. The first kappa shape index (κ1) is 20.9. The number of anilines is 1. The Kier molecular flexibility index (Phi) is 6.35. The van der Waals surface area contributed by atoms with Crippen molar-refractivity contribution in [3.63, 3.8) is 0 Å². The van der Waals surface area contributed by atoms with Crippen LogP contribution in [0, 0.1) is 6.92 Å². The highest BCUT2D eigenvalue weighted by molar-refractivity contribution is 5.92. The lowest BCUT2D eigenvalue weighted by atomic mass is 10.1. The van der Waals surface area contributed by atoms with E-state index in [0.29, 0.717) is 16.6 Å². The summed E-state index contributed by atoms with van der Waals surface area (Å²) in [4.78, 5) is 40.5. The molecule has 0 unspecified atom stereocenters. The average Bonchev–Trinajstić information content (AvgIpc) is 2.70. The maximum atomic E-state index is 12.5. The summed E-state index contributed by atoms with van der Waals surface area (Å²) in [7, 11) is 0. The molecule has 156 valence electrons. The number of hydrogen-bond acceptors (Lipinski definition) is 6. The van der Waals surface area contributed by atoms with E-state index in [1.165, 1.54) is 30.6 Å². The molecule has 10 heteroatoms. The lowest BCUT2D eigenvalue weighted by Gasteiger charge is -2.09. The highest BCUT2D eigenvalue weighted by Gasteiger charge is 2.12. The molecule has 0 aliphatic rings. The van der Waals surface area contributed by atoms with Crippen molar-refractivity contribution < 1.29 is 27.8 Å². The summed E-state index contributed by atoms with van der Waals surface area (Å²) in [6.45, 7) is -2.10. The minimum atomic E-state index is -2.95. The van der Waals surface area contributed by atoms with Gasteiger partial charge in [-0.2, -0.15) is 8.78 Å². The van der Waals surface area contributed by atoms with Crippen molar-refractivity contribution >= 4 is 28.5 Å². The number of aromatic nitrogens is 2. The number of amides is 1. The highest BCUT2D eigenvalue weighted by Crippen LogP contribution is 2.17. The summed E-state index contributed by atoms with van der Waals surface area (Å²) in [5.74, 6) is -1.48. The second-order valence-electron chi connectivity index (χ2n) is 6.26. The molecule has 0 spiro atoms. The van der Waals surface area contributed by atoms with Crippen LogP contribution in [-0.4, -0.2) is 34.6 Å². The fourth-order valence-electron chi connectivity index (χ4n) is 2.70. The molecule has 0 aliphatic carbocycles. The number of ether oxygens (including phenoxy) is 2. The van der Waals surface area contributed by atoms with Gasteiger partial charge in [0.15, 0.2) is 6.61 Å². The van der Waals surface area contributed by atoms with Crippen molar-refractivity contribution in [3.05, 3.63) is 64.7 Å². The Hall–Kier alpha value is -3.82. The number of nitrogens with one attached hydrogen (secondary N) is 1. The third kappa shape index (κ3) is 5.16. The van der Waals surface area contributed by atoms with Crippen molar-refractivity contribution in [3.8, 4) is 5.75 Å².